The molecule has 4 rings (SSSR count). The fourth-order valence-electron chi connectivity index (χ4n) is 2.85. The molecule has 0 unspecified atom stereocenters. The lowest BCUT2D eigenvalue weighted by molar-refractivity contribution is 1.59. The van der Waals surface area contributed by atoms with Crippen molar-refractivity contribution in [1.82, 2.24) is 0 Å². The molecule has 0 bridgehead atoms. The molecule has 0 N–H and O–H groups in total. The average molecular weight is 357 g/mol. The van der Waals surface area contributed by atoms with Crippen molar-refractivity contribution in [2.24, 2.45) is 0 Å². The maximum atomic E-state index is 3.56. The van der Waals surface area contributed by atoms with Crippen LogP contribution in [-0.2, 0) is 0 Å². The molecule has 0 heterocycles. The van der Waals surface area contributed by atoms with E-state index in [1.165, 1.54) is 21.5 Å². The van der Waals surface area contributed by atoms with Crippen molar-refractivity contribution in [2.45, 2.75) is 0 Å². The molecule has 0 aliphatic heterocycles. The summed E-state index contributed by atoms with van der Waals surface area (Å²) >= 11 is 3.56. The van der Waals surface area contributed by atoms with Gasteiger partial charge in [-0.05, 0) is 55.7 Å². The van der Waals surface area contributed by atoms with E-state index in [4.69, 9.17) is 0 Å². The van der Waals surface area contributed by atoms with E-state index >= 15 is 0 Å². The SMILES string of the molecule is Brc1ccccc1C#Cc1cc2ccccc2c2ccccc12. The van der Waals surface area contributed by atoms with Gasteiger partial charge in [0.25, 0.3) is 0 Å². The minimum absolute atomic E-state index is 1.00. The van der Waals surface area contributed by atoms with Gasteiger partial charge in [-0.2, -0.15) is 0 Å². The van der Waals surface area contributed by atoms with Gasteiger partial charge in [0.1, 0.15) is 0 Å². The van der Waals surface area contributed by atoms with Gasteiger partial charge in [0.2, 0.25) is 0 Å². The normalized spacial score (nSPS) is 10.5. The second-order valence-corrected chi connectivity index (χ2v) is 6.28. The molecule has 108 valence electrons. The molecular weight excluding hydrogens is 344 g/mol. The van der Waals surface area contributed by atoms with Crippen LogP contribution in [0.4, 0.5) is 0 Å². The van der Waals surface area contributed by atoms with E-state index in [1.54, 1.807) is 0 Å². The van der Waals surface area contributed by atoms with Crippen molar-refractivity contribution in [3.8, 4) is 11.8 Å². The molecule has 0 fully saturated rings. The number of fused-ring (bicyclic) bond motifs is 3. The van der Waals surface area contributed by atoms with Gasteiger partial charge in [0.15, 0.2) is 0 Å². The molecular formula is C22H13Br. The maximum absolute atomic E-state index is 3.56. The summed E-state index contributed by atoms with van der Waals surface area (Å²) in [5.41, 5.74) is 2.07. The van der Waals surface area contributed by atoms with Crippen molar-refractivity contribution < 1.29 is 0 Å². The van der Waals surface area contributed by atoms with Gasteiger partial charge in [0, 0.05) is 15.6 Å². The number of benzene rings is 4. The summed E-state index contributed by atoms with van der Waals surface area (Å²) in [6.45, 7) is 0. The molecule has 0 spiro atoms. The van der Waals surface area contributed by atoms with Crippen LogP contribution in [0.5, 0.6) is 0 Å². The van der Waals surface area contributed by atoms with Gasteiger partial charge in [-0.15, -0.1) is 0 Å². The standard InChI is InChI=1S/C22H13Br/c23-22-12-6-2-7-16(22)13-14-18-15-17-8-1-3-9-19(17)21-11-5-4-10-20(18)21/h1-12,15H. The molecule has 0 radical (unpaired) electrons. The summed E-state index contributed by atoms with van der Waals surface area (Å²) in [6, 6.07) is 27.2. The zero-order valence-corrected chi connectivity index (χ0v) is 14.0. The van der Waals surface area contributed by atoms with E-state index in [2.05, 4.69) is 82.4 Å². The number of halogens is 1. The first-order valence-corrected chi connectivity index (χ1v) is 8.29. The topological polar surface area (TPSA) is 0 Å². The van der Waals surface area contributed by atoms with Gasteiger partial charge in [-0.25, -0.2) is 0 Å². The Bertz CT molecular complexity index is 1080. The van der Waals surface area contributed by atoms with Gasteiger partial charge in [0.05, 0.1) is 0 Å². The zero-order chi connectivity index (χ0) is 15.6. The first kappa shape index (κ1) is 14.1. The Morgan fingerprint density at radius 1 is 0.565 bits per heavy atom. The predicted octanol–water partition coefficient (Wildman–Crippen LogP) is 6.16. The minimum atomic E-state index is 1.00. The smallest absolute Gasteiger partial charge is 0.0391 e. The fraction of sp³-hybridized carbons (Fsp3) is 0. The van der Waals surface area contributed by atoms with E-state index < -0.39 is 0 Å². The van der Waals surface area contributed by atoms with Crippen LogP contribution in [0.3, 0.4) is 0 Å². The lowest BCUT2D eigenvalue weighted by atomic mass is 9.97. The molecule has 0 aliphatic rings. The fourth-order valence-corrected chi connectivity index (χ4v) is 3.24. The van der Waals surface area contributed by atoms with Crippen LogP contribution in [0.25, 0.3) is 21.5 Å². The lowest BCUT2D eigenvalue weighted by Crippen LogP contribution is -1.84. The van der Waals surface area contributed by atoms with E-state index in [9.17, 15) is 0 Å². The molecule has 0 aromatic heterocycles. The molecule has 0 atom stereocenters. The highest BCUT2D eigenvalue weighted by atomic mass is 79.9. The summed E-state index contributed by atoms with van der Waals surface area (Å²) in [5, 5.41) is 4.95. The molecule has 23 heavy (non-hydrogen) atoms. The third-order valence-corrected chi connectivity index (χ3v) is 4.67. The minimum Gasteiger partial charge on any atom is -0.0616 e. The van der Waals surface area contributed by atoms with E-state index in [-0.39, 0.29) is 0 Å². The average Bonchev–Trinajstić information content (AvgIpc) is 2.61. The molecule has 1 heteroatoms. The Balaban J connectivity index is 1.98. The highest BCUT2D eigenvalue weighted by molar-refractivity contribution is 9.10. The number of hydrogen-bond acceptors (Lipinski definition) is 0. The van der Waals surface area contributed by atoms with E-state index in [0.29, 0.717) is 0 Å². The molecule has 4 aromatic rings. The van der Waals surface area contributed by atoms with Crippen molar-refractivity contribution in [3.05, 3.63) is 94.5 Å². The van der Waals surface area contributed by atoms with Crippen molar-refractivity contribution in [3.63, 3.8) is 0 Å². The van der Waals surface area contributed by atoms with E-state index in [0.717, 1.165) is 15.6 Å². The largest absolute Gasteiger partial charge is 0.0616 e. The van der Waals surface area contributed by atoms with Crippen LogP contribution in [0, 0.1) is 11.8 Å². The maximum Gasteiger partial charge on any atom is 0.0391 e. The molecule has 0 aliphatic carbocycles. The van der Waals surface area contributed by atoms with Gasteiger partial charge < -0.3 is 0 Å². The first-order valence-electron chi connectivity index (χ1n) is 7.50. The molecule has 0 saturated heterocycles. The molecule has 0 saturated carbocycles. The highest BCUT2D eigenvalue weighted by Crippen LogP contribution is 2.28. The highest BCUT2D eigenvalue weighted by Gasteiger charge is 2.04. The van der Waals surface area contributed by atoms with Crippen LogP contribution < -0.4 is 0 Å². The monoisotopic (exact) mass is 356 g/mol. The summed E-state index contributed by atoms with van der Waals surface area (Å²) < 4.78 is 1.03. The zero-order valence-electron chi connectivity index (χ0n) is 12.4. The van der Waals surface area contributed by atoms with E-state index in [1.807, 2.05) is 24.3 Å². The summed E-state index contributed by atoms with van der Waals surface area (Å²) in [5.74, 6) is 6.65. The summed E-state index contributed by atoms with van der Waals surface area (Å²) in [4.78, 5) is 0. The second kappa shape index (κ2) is 5.91. The van der Waals surface area contributed by atoms with Gasteiger partial charge in [-0.3, -0.25) is 0 Å². The molecule has 0 nitrogen and oxygen atoms in total. The summed E-state index contributed by atoms with van der Waals surface area (Å²) in [6.07, 6.45) is 0. The Kier molecular flexibility index (Phi) is 3.61. The third-order valence-electron chi connectivity index (χ3n) is 3.97. The van der Waals surface area contributed by atoms with Crippen LogP contribution in [0.1, 0.15) is 11.1 Å². The van der Waals surface area contributed by atoms with Crippen LogP contribution >= 0.6 is 15.9 Å². The Morgan fingerprint density at radius 3 is 2.00 bits per heavy atom. The van der Waals surface area contributed by atoms with Crippen LogP contribution in [0.2, 0.25) is 0 Å². The summed E-state index contributed by atoms with van der Waals surface area (Å²) in [7, 11) is 0. The van der Waals surface area contributed by atoms with Crippen LogP contribution in [-0.4, -0.2) is 0 Å². The number of rotatable bonds is 0. The van der Waals surface area contributed by atoms with Crippen LogP contribution in [0.15, 0.2) is 83.3 Å². The molecule has 0 amide bonds. The van der Waals surface area contributed by atoms with Crippen molar-refractivity contribution in [1.29, 1.82) is 0 Å². The Morgan fingerprint density at radius 2 is 1.17 bits per heavy atom. The van der Waals surface area contributed by atoms with Crippen molar-refractivity contribution in [2.75, 3.05) is 0 Å². The number of hydrogen-bond donors (Lipinski definition) is 0. The van der Waals surface area contributed by atoms with Crippen molar-refractivity contribution >= 4 is 37.5 Å². The quantitative estimate of drug-likeness (QED) is 0.261. The van der Waals surface area contributed by atoms with Gasteiger partial charge >= 0.3 is 0 Å². The van der Waals surface area contributed by atoms with Gasteiger partial charge in [-0.1, -0.05) is 72.5 Å². The first-order chi connectivity index (χ1) is 11.3. The Hall–Kier alpha value is -2.56. The Labute approximate surface area is 143 Å². The molecule has 4 aromatic carbocycles. The second-order valence-electron chi connectivity index (χ2n) is 5.42. The lowest BCUT2D eigenvalue weighted by Gasteiger charge is -2.06. The third kappa shape index (κ3) is 2.63. The predicted molar refractivity (Wildman–Crippen MR) is 102 cm³/mol.